The van der Waals surface area contributed by atoms with E-state index in [4.69, 9.17) is 25.8 Å². The Bertz CT molecular complexity index is 468. The van der Waals surface area contributed by atoms with Crippen LogP contribution in [0.15, 0.2) is 24.3 Å². The summed E-state index contributed by atoms with van der Waals surface area (Å²) in [6.45, 7) is 4.62. The van der Waals surface area contributed by atoms with Crippen LogP contribution < -0.4 is 0 Å². The molecule has 1 fully saturated rings. The third-order valence-corrected chi connectivity index (χ3v) is 3.86. The molecule has 0 spiro atoms. The molecule has 0 aromatic heterocycles. The monoisotopic (exact) mass is 312 g/mol. The van der Waals surface area contributed by atoms with Crippen molar-refractivity contribution >= 4 is 17.8 Å². The first-order chi connectivity index (χ1) is 10.1. The second-order valence-electron chi connectivity index (χ2n) is 5.29. The third kappa shape index (κ3) is 4.90. The van der Waals surface area contributed by atoms with Gasteiger partial charge in [-0.25, -0.2) is 4.79 Å². The number of ether oxygens (including phenoxy) is 3. The van der Waals surface area contributed by atoms with Crippen LogP contribution in [0.5, 0.6) is 0 Å². The van der Waals surface area contributed by atoms with Gasteiger partial charge in [0, 0.05) is 11.4 Å². The lowest BCUT2D eigenvalue weighted by Crippen LogP contribution is -2.26. The molecular formula is C16H21ClO4. The predicted octanol–water partition coefficient (Wildman–Crippen LogP) is 4.20. The van der Waals surface area contributed by atoms with Crippen molar-refractivity contribution in [2.24, 2.45) is 5.92 Å². The van der Waals surface area contributed by atoms with Gasteiger partial charge in [0.25, 0.3) is 0 Å². The molecule has 0 radical (unpaired) electrons. The van der Waals surface area contributed by atoms with Crippen molar-refractivity contribution in [2.75, 3.05) is 13.2 Å². The second kappa shape index (κ2) is 7.14. The van der Waals surface area contributed by atoms with E-state index >= 15 is 0 Å². The highest BCUT2D eigenvalue weighted by Crippen LogP contribution is 2.37. The Hall–Kier alpha value is -1.26. The first-order valence-electron chi connectivity index (χ1n) is 7.31. The number of rotatable bonds is 7. The molecule has 1 saturated heterocycles. The maximum absolute atomic E-state index is 11.4. The van der Waals surface area contributed by atoms with Crippen molar-refractivity contribution in [3.05, 3.63) is 34.9 Å². The lowest BCUT2D eigenvalue weighted by molar-refractivity contribution is -0.0449. The van der Waals surface area contributed by atoms with Crippen LogP contribution in [0.3, 0.4) is 0 Å². The van der Waals surface area contributed by atoms with E-state index in [9.17, 15) is 4.79 Å². The van der Waals surface area contributed by atoms with Crippen LogP contribution in [0.2, 0.25) is 5.02 Å². The zero-order valence-electron chi connectivity index (χ0n) is 12.4. The Morgan fingerprint density at radius 3 is 2.57 bits per heavy atom. The van der Waals surface area contributed by atoms with E-state index in [-0.39, 0.29) is 0 Å². The lowest BCUT2D eigenvalue weighted by Gasteiger charge is -2.20. The SMILES string of the molecule is CCOC(=O)OC1(CC(CC)Cc2ccc(Cl)cc2)CO1. The van der Waals surface area contributed by atoms with Crippen LogP contribution in [0, 0.1) is 5.92 Å². The number of carbonyl (C=O) groups is 1. The van der Waals surface area contributed by atoms with E-state index in [0.717, 1.165) is 17.9 Å². The van der Waals surface area contributed by atoms with Gasteiger partial charge in [0.05, 0.1) is 6.61 Å². The van der Waals surface area contributed by atoms with Crippen LogP contribution in [0.4, 0.5) is 4.79 Å². The fourth-order valence-corrected chi connectivity index (χ4v) is 2.48. The molecule has 116 valence electrons. The quantitative estimate of drug-likeness (QED) is 0.559. The highest BCUT2D eigenvalue weighted by molar-refractivity contribution is 6.30. The minimum atomic E-state index is -0.778. The number of benzene rings is 1. The van der Waals surface area contributed by atoms with E-state index in [1.165, 1.54) is 5.56 Å². The molecule has 2 unspecified atom stereocenters. The first kappa shape index (κ1) is 16.1. The summed E-state index contributed by atoms with van der Waals surface area (Å²) in [4.78, 5) is 11.4. The Morgan fingerprint density at radius 1 is 1.38 bits per heavy atom. The summed E-state index contributed by atoms with van der Waals surface area (Å²) in [5.41, 5.74) is 1.22. The van der Waals surface area contributed by atoms with Gasteiger partial charge in [-0.15, -0.1) is 0 Å². The molecule has 5 heteroatoms. The van der Waals surface area contributed by atoms with Gasteiger partial charge < -0.3 is 14.2 Å². The normalized spacial score (nSPS) is 21.7. The van der Waals surface area contributed by atoms with Gasteiger partial charge in [-0.05, 0) is 37.0 Å². The van der Waals surface area contributed by atoms with Crippen LogP contribution in [0.25, 0.3) is 0 Å². The minimum absolute atomic E-state index is 0.302. The topological polar surface area (TPSA) is 48.1 Å². The fourth-order valence-electron chi connectivity index (χ4n) is 2.35. The molecule has 0 aliphatic carbocycles. The molecule has 1 aromatic rings. The van der Waals surface area contributed by atoms with Crippen molar-refractivity contribution in [1.82, 2.24) is 0 Å². The van der Waals surface area contributed by atoms with Crippen molar-refractivity contribution in [3.63, 3.8) is 0 Å². The summed E-state index contributed by atoms with van der Waals surface area (Å²) in [6, 6.07) is 7.83. The average molecular weight is 313 g/mol. The van der Waals surface area contributed by atoms with Gasteiger partial charge >= 0.3 is 6.16 Å². The molecule has 0 bridgehead atoms. The largest absolute Gasteiger partial charge is 0.510 e. The van der Waals surface area contributed by atoms with E-state index < -0.39 is 11.9 Å². The molecule has 0 amide bonds. The van der Waals surface area contributed by atoms with Crippen LogP contribution >= 0.6 is 11.6 Å². The maximum Gasteiger partial charge on any atom is 0.510 e. The fraction of sp³-hybridized carbons (Fsp3) is 0.562. The second-order valence-corrected chi connectivity index (χ2v) is 5.73. The highest BCUT2D eigenvalue weighted by atomic mass is 35.5. The summed E-state index contributed by atoms with van der Waals surface area (Å²) in [5.74, 6) is -0.401. The molecule has 4 nitrogen and oxygen atoms in total. The van der Waals surface area contributed by atoms with Crippen LogP contribution in [-0.2, 0) is 20.6 Å². The smallest absolute Gasteiger partial charge is 0.435 e. The summed E-state index contributed by atoms with van der Waals surface area (Å²) in [7, 11) is 0. The molecular weight excluding hydrogens is 292 g/mol. The average Bonchev–Trinajstić information content (AvgIpc) is 3.20. The Morgan fingerprint density at radius 2 is 2.05 bits per heavy atom. The predicted molar refractivity (Wildman–Crippen MR) is 80.3 cm³/mol. The van der Waals surface area contributed by atoms with Crippen molar-refractivity contribution in [1.29, 1.82) is 0 Å². The molecule has 1 aliphatic heterocycles. The number of hydrogen-bond acceptors (Lipinski definition) is 4. The number of epoxide rings is 1. The number of halogens is 1. The van der Waals surface area contributed by atoms with Gasteiger partial charge in [0.2, 0.25) is 5.79 Å². The van der Waals surface area contributed by atoms with Crippen molar-refractivity contribution < 1.29 is 19.0 Å². The zero-order chi connectivity index (χ0) is 15.3. The van der Waals surface area contributed by atoms with E-state index in [1.807, 2.05) is 24.3 Å². The summed E-state index contributed by atoms with van der Waals surface area (Å²) < 4.78 is 15.4. The van der Waals surface area contributed by atoms with Gasteiger partial charge in [0.15, 0.2) is 0 Å². The van der Waals surface area contributed by atoms with Crippen molar-refractivity contribution in [2.45, 2.75) is 38.9 Å². The third-order valence-electron chi connectivity index (χ3n) is 3.61. The van der Waals surface area contributed by atoms with Gasteiger partial charge in [0.1, 0.15) is 6.61 Å². The van der Waals surface area contributed by atoms with Crippen molar-refractivity contribution in [3.8, 4) is 0 Å². The maximum atomic E-state index is 11.4. The summed E-state index contributed by atoms with van der Waals surface area (Å²) in [5, 5.41) is 0.736. The molecule has 1 aliphatic rings. The Balaban J connectivity index is 1.89. The standard InChI is InChI=1S/C16H21ClO4/c1-3-12(9-13-5-7-14(17)8-6-13)10-16(11-20-16)21-15(18)19-4-2/h5-8,12H,3-4,9-11H2,1-2H3. The van der Waals surface area contributed by atoms with Gasteiger partial charge in [-0.2, -0.15) is 0 Å². The summed E-state index contributed by atoms with van der Waals surface area (Å²) in [6.07, 6.45) is 1.92. The van der Waals surface area contributed by atoms with Gasteiger partial charge in [-0.3, -0.25) is 0 Å². The summed E-state index contributed by atoms with van der Waals surface area (Å²) >= 11 is 5.89. The molecule has 0 N–H and O–H groups in total. The van der Waals surface area contributed by atoms with E-state index in [0.29, 0.717) is 25.6 Å². The number of hydrogen-bond donors (Lipinski definition) is 0. The molecule has 1 aromatic carbocycles. The van der Waals surface area contributed by atoms with Crippen LogP contribution in [-0.4, -0.2) is 25.2 Å². The van der Waals surface area contributed by atoms with Gasteiger partial charge in [-0.1, -0.05) is 37.1 Å². The minimum Gasteiger partial charge on any atom is -0.435 e. The Kier molecular flexibility index (Phi) is 5.48. The number of carbonyl (C=O) groups excluding carboxylic acids is 1. The first-order valence-corrected chi connectivity index (χ1v) is 7.69. The molecule has 2 atom stereocenters. The molecule has 21 heavy (non-hydrogen) atoms. The van der Waals surface area contributed by atoms with E-state index in [1.54, 1.807) is 6.92 Å². The molecule has 1 heterocycles. The zero-order valence-corrected chi connectivity index (χ0v) is 13.2. The van der Waals surface area contributed by atoms with Crippen LogP contribution in [0.1, 0.15) is 32.3 Å². The lowest BCUT2D eigenvalue weighted by atomic mass is 9.91. The highest BCUT2D eigenvalue weighted by Gasteiger charge is 2.50. The van der Waals surface area contributed by atoms with E-state index in [2.05, 4.69) is 6.92 Å². The Labute approximate surface area is 130 Å². The molecule has 0 saturated carbocycles. The molecule has 2 rings (SSSR count).